The minimum absolute atomic E-state index is 0.326. The molecule has 0 fully saturated rings. The fourth-order valence-electron chi connectivity index (χ4n) is 0.534. The summed E-state index contributed by atoms with van der Waals surface area (Å²) >= 11 is 0. The fraction of sp³-hybridized carbons (Fsp3) is 1.00. The maximum Gasteiger partial charge on any atom is 0.0940 e. The van der Waals surface area contributed by atoms with Gasteiger partial charge in [0.1, 0.15) is 0 Å². The Morgan fingerprint density at radius 1 is 1.22 bits per heavy atom. The molecule has 0 aromatic rings. The highest BCUT2D eigenvalue weighted by Gasteiger charge is 1.85. The third kappa shape index (κ3) is 7.88. The van der Waals surface area contributed by atoms with Gasteiger partial charge in [-0.15, -0.1) is 0 Å². The molecule has 2 N–H and O–H groups in total. The Hall–Kier alpha value is -0.120. The van der Waals surface area contributed by atoms with Crippen molar-refractivity contribution >= 4 is 0 Å². The van der Waals surface area contributed by atoms with E-state index in [4.69, 9.17) is 15.2 Å². The van der Waals surface area contributed by atoms with Crippen molar-refractivity contribution in [3.63, 3.8) is 0 Å². The summed E-state index contributed by atoms with van der Waals surface area (Å²) < 4.78 is 9.74. The van der Waals surface area contributed by atoms with Crippen LogP contribution in [0, 0.1) is 0 Å². The molecule has 0 unspecified atom stereocenters. The van der Waals surface area contributed by atoms with Crippen molar-refractivity contribution in [3.05, 3.63) is 0 Å². The first-order chi connectivity index (χ1) is 4.41. The van der Waals surface area contributed by atoms with E-state index < -0.39 is 0 Å². The van der Waals surface area contributed by atoms with Crippen molar-refractivity contribution in [1.82, 2.24) is 0 Å². The molecule has 0 rings (SSSR count). The molecule has 3 heteroatoms. The summed E-state index contributed by atoms with van der Waals surface area (Å²) in [5.41, 5.74) is 5.09. The number of methoxy groups -OCH3 is 1. The van der Waals surface area contributed by atoms with Gasteiger partial charge in [-0.25, -0.2) is 0 Å². The molecule has 0 bridgehead atoms. The molecular weight excluding hydrogens is 118 g/mol. The largest absolute Gasteiger partial charge is 0.385 e. The summed E-state index contributed by atoms with van der Waals surface area (Å²) in [6.07, 6.45) is 2.08. The minimum atomic E-state index is 0.326. The van der Waals surface area contributed by atoms with E-state index in [1.807, 2.05) is 0 Å². The van der Waals surface area contributed by atoms with E-state index in [2.05, 4.69) is 0 Å². The van der Waals surface area contributed by atoms with Crippen molar-refractivity contribution < 1.29 is 9.47 Å². The topological polar surface area (TPSA) is 44.5 Å². The van der Waals surface area contributed by atoms with Crippen molar-refractivity contribution in [2.45, 2.75) is 12.8 Å². The van der Waals surface area contributed by atoms with E-state index in [0.29, 0.717) is 6.73 Å². The monoisotopic (exact) mass is 133 g/mol. The number of hydrogen-bond donors (Lipinski definition) is 1. The molecule has 0 aliphatic heterocycles. The average molecular weight is 133 g/mol. The minimum Gasteiger partial charge on any atom is -0.385 e. The predicted octanol–water partition coefficient (Wildman–Crippen LogP) is 0.346. The van der Waals surface area contributed by atoms with Crippen LogP contribution in [0.1, 0.15) is 12.8 Å². The van der Waals surface area contributed by atoms with Gasteiger partial charge < -0.3 is 15.2 Å². The smallest absolute Gasteiger partial charge is 0.0940 e. The van der Waals surface area contributed by atoms with Crippen LogP contribution >= 0.6 is 0 Å². The molecular formula is C6H15NO2. The Morgan fingerprint density at radius 3 is 2.44 bits per heavy atom. The Bertz CT molecular complexity index is 44.3. The zero-order valence-electron chi connectivity index (χ0n) is 5.93. The normalized spacial score (nSPS) is 10.0. The summed E-state index contributed by atoms with van der Waals surface area (Å²) in [5.74, 6) is 0. The molecule has 0 heterocycles. The molecule has 0 atom stereocenters. The third-order valence-electron chi connectivity index (χ3n) is 1.00. The summed E-state index contributed by atoms with van der Waals surface area (Å²) in [6, 6.07) is 0. The Labute approximate surface area is 56.1 Å². The first-order valence-corrected chi connectivity index (χ1v) is 3.18. The Balaban J connectivity index is 2.60. The second kappa shape index (κ2) is 7.88. The molecule has 9 heavy (non-hydrogen) atoms. The highest BCUT2D eigenvalue weighted by Crippen LogP contribution is 1.88. The van der Waals surface area contributed by atoms with E-state index in [9.17, 15) is 0 Å². The number of unbranched alkanes of at least 4 members (excludes halogenated alkanes) is 1. The van der Waals surface area contributed by atoms with Crippen LogP contribution in [-0.4, -0.2) is 27.1 Å². The van der Waals surface area contributed by atoms with Gasteiger partial charge in [0.25, 0.3) is 0 Å². The molecule has 0 radical (unpaired) electrons. The standard InChI is InChI=1S/C6H15NO2/c1-8-4-2-3-5-9-6-7/h2-7H2,1H3. The second-order valence-corrected chi connectivity index (χ2v) is 1.77. The van der Waals surface area contributed by atoms with E-state index in [0.717, 1.165) is 26.1 Å². The number of nitrogens with two attached hydrogens (primary N) is 1. The lowest BCUT2D eigenvalue weighted by Gasteiger charge is -1.98. The molecule has 0 aliphatic rings. The molecule has 0 aromatic heterocycles. The van der Waals surface area contributed by atoms with Crippen LogP contribution in [0.4, 0.5) is 0 Å². The predicted molar refractivity (Wildman–Crippen MR) is 36.1 cm³/mol. The third-order valence-corrected chi connectivity index (χ3v) is 1.00. The lowest BCUT2D eigenvalue weighted by molar-refractivity contribution is 0.124. The molecule has 0 saturated heterocycles. The van der Waals surface area contributed by atoms with Gasteiger partial charge in [-0.05, 0) is 12.8 Å². The van der Waals surface area contributed by atoms with Crippen molar-refractivity contribution in [2.75, 3.05) is 27.1 Å². The maximum atomic E-state index is 5.09. The van der Waals surface area contributed by atoms with Crippen LogP contribution in [0.2, 0.25) is 0 Å². The van der Waals surface area contributed by atoms with Crippen LogP contribution < -0.4 is 5.73 Å². The summed E-state index contributed by atoms with van der Waals surface area (Å²) in [7, 11) is 1.70. The van der Waals surface area contributed by atoms with Crippen LogP contribution in [0.3, 0.4) is 0 Å². The van der Waals surface area contributed by atoms with Gasteiger partial charge in [-0.1, -0.05) is 0 Å². The van der Waals surface area contributed by atoms with Crippen LogP contribution in [-0.2, 0) is 9.47 Å². The fourth-order valence-corrected chi connectivity index (χ4v) is 0.534. The molecule has 3 nitrogen and oxygen atoms in total. The van der Waals surface area contributed by atoms with Gasteiger partial charge >= 0.3 is 0 Å². The zero-order chi connectivity index (χ0) is 6.95. The average Bonchev–Trinajstić information content (AvgIpc) is 1.89. The van der Waals surface area contributed by atoms with Crippen molar-refractivity contribution in [1.29, 1.82) is 0 Å². The van der Waals surface area contributed by atoms with Crippen LogP contribution in [0.5, 0.6) is 0 Å². The van der Waals surface area contributed by atoms with Crippen molar-refractivity contribution in [3.8, 4) is 0 Å². The van der Waals surface area contributed by atoms with Crippen LogP contribution in [0.15, 0.2) is 0 Å². The maximum absolute atomic E-state index is 5.09. The summed E-state index contributed by atoms with van der Waals surface area (Å²) in [4.78, 5) is 0. The van der Waals surface area contributed by atoms with E-state index in [1.54, 1.807) is 7.11 Å². The van der Waals surface area contributed by atoms with Gasteiger partial charge in [-0.3, -0.25) is 0 Å². The van der Waals surface area contributed by atoms with Crippen molar-refractivity contribution in [2.24, 2.45) is 5.73 Å². The van der Waals surface area contributed by atoms with Crippen LogP contribution in [0.25, 0.3) is 0 Å². The SMILES string of the molecule is COCCCCOCN. The number of rotatable bonds is 6. The summed E-state index contributed by atoms with van der Waals surface area (Å²) in [5, 5.41) is 0. The molecule has 0 saturated carbocycles. The number of ether oxygens (including phenoxy) is 2. The van der Waals surface area contributed by atoms with E-state index >= 15 is 0 Å². The molecule has 0 spiro atoms. The zero-order valence-corrected chi connectivity index (χ0v) is 5.93. The van der Waals surface area contributed by atoms with Gasteiger partial charge in [0, 0.05) is 20.3 Å². The Morgan fingerprint density at radius 2 is 1.89 bits per heavy atom. The first kappa shape index (κ1) is 8.88. The van der Waals surface area contributed by atoms with E-state index in [-0.39, 0.29) is 0 Å². The van der Waals surface area contributed by atoms with E-state index in [1.165, 1.54) is 0 Å². The molecule has 0 amide bonds. The second-order valence-electron chi connectivity index (χ2n) is 1.77. The van der Waals surface area contributed by atoms with Gasteiger partial charge in [0.05, 0.1) is 6.73 Å². The molecule has 56 valence electrons. The summed E-state index contributed by atoms with van der Waals surface area (Å²) in [6.45, 7) is 1.89. The number of hydrogen-bond acceptors (Lipinski definition) is 3. The molecule has 0 aromatic carbocycles. The van der Waals surface area contributed by atoms with Gasteiger partial charge in [0.2, 0.25) is 0 Å². The van der Waals surface area contributed by atoms with Gasteiger partial charge in [-0.2, -0.15) is 0 Å². The lowest BCUT2D eigenvalue weighted by atomic mass is 10.3. The quantitative estimate of drug-likeness (QED) is 0.420. The molecule has 0 aliphatic carbocycles. The lowest BCUT2D eigenvalue weighted by Crippen LogP contribution is -2.05. The van der Waals surface area contributed by atoms with Gasteiger partial charge in [0.15, 0.2) is 0 Å². The highest BCUT2D eigenvalue weighted by molar-refractivity contribution is 4.35. The first-order valence-electron chi connectivity index (χ1n) is 3.18. The Kier molecular flexibility index (Phi) is 7.77. The highest BCUT2D eigenvalue weighted by atomic mass is 16.5.